The molecule has 1 unspecified atom stereocenters. The highest BCUT2D eigenvalue weighted by atomic mass is 35.5. The van der Waals surface area contributed by atoms with Crippen LogP contribution in [0.2, 0.25) is 10.0 Å². The maximum atomic E-state index is 12.9. The molecule has 1 atom stereocenters. The van der Waals surface area contributed by atoms with Crippen LogP contribution in [-0.4, -0.2) is 22.0 Å². The number of thioether (sulfide) groups is 1. The number of aromatic amines is 1. The van der Waals surface area contributed by atoms with Crippen LogP contribution in [0.1, 0.15) is 36.3 Å². The average Bonchev–Trinajstić information content (AvgIpc) is 2.60. The van der Waals surface area contributed by atoms with Crippen LogP contribution >= 0.6 is 35.0 Å². The number of carbonyl (C=O) groups is 1. The van der Waals surface area contributed by atoms with Crippen LogP contribution in [0, 0.1) is 0 Å². The Bertz CT molecular complexity index is 996. The second-order valence-electron chi connectivity index (χ2n) is 6.20. The number of Topliss-reactive ketones (excluding diaryl/α,β-unsaturated/α-hetero) is 1. The quantitative estimate of drug-likeness (QED) is 0.571. The summed E-state index contributed by atoms with van der Waals surface area (Å²) in [7, 11) is 0. The molecule has 0 saturated heterocycles. The van der Waals surface area contributed by atoms with Crippen LogP contribution in [0.4, 0.5) is 5.82 Å². The summed E-state index contributed by atoms with van der Waals surface area (Å²) in [5.41, 5.74) is 2.04. The van der Waals surface area contributed by atoms with E-state index in [-0.39, 0.29) is 11.3 Å². The lowest BCUT2D eigenvalue weighted by Crippen LogP contribution is -2.33. The zero-order valence-corrected chi connectivity index (χ0v) is 16.2. The normalized spacial score (nSPS) is 19.0. The SMILES string of the molecule is CSc1nc2c(c(=O)[nH]1)C(c1c(Cl)cccc1Cl)C1=C(CCCC1=O)N2. The maximum Gasteiger partial charge on any atom is 0.257 e. The Morgan fingerprint density at radius 1 is 1.15 bits per heavy atom. The van der Waals surface area contributed by atoms with Gasteiger partial charge in [-0.1, -0.05) is 41.0 Å². The van der Waals surface area contributed by atoms with Gasteiger partial charge in [-0.15, -0.1) is 0 Å². The Hall–Kier alpha value is -1.76. The number of benzene rings is 1. The number of hydrogen-bond donors (Lipinski definition) is 2. The summed E-state index contributed by atoms with van der Waals surface area (Å²) in [6.45, 7) is 0. The second kappa shape index (κ2) is 6.76. The van der Waals surface area contributed by atoms with Gasteiger partial charge in [0.25, 0.3) is 5.56 Å². The molecule has 2 aromatic rings. The van der Waals surface area contributed by atoms with Gasteiger partial charge in [0.2, 0.25) is 0 Å². The third kappa shape index (κ3) is 2.76. The first-order valence-electron chi connectivity index (χ1n) is 8.16. The Morgan fingerprint density at radius 2 is 1.88 bits per heavy atom. The highest BCUT2D eigenvalue weighted by Crippen LogP contribution is 2.47. The molecule has 2 heterocycles. The van der Waals surface area contributed by atoms with E-state index in [1.807, 2.05) is 6.26 Å². The number of halogens is 2. The number of rotatable bonds is 2. The monoisotopic (exact) mass is 407 g/mol. The Labute approximate surface area is 164 Å². The van der Waals surface area contributed by atoms with E-state index in [0.29, 0.717) is 44.1 Å². The first-order chi connectivity index (χ1) is 12.5. The van der Waals surface area contributed by atoms with E-state index in [9.17, 15) is 9.59 Å². The number of fused-ring (bicyclic) bond motifs is 1. The summed E-state index contributed by atoms with van der Waals surface area (Å²) < 4.78 is 0. The smallest absolute Gasteiger partial charge is 0.257 e. The number of allylic oxidation sites excluding steroid dienone is 2. The molecule has 1 aromatic heterocycles. The molecule has 0 saturated carbocycles. The molecular weight excluding hydrogens is 393 g/mol. The van der Waals surface area contributed by atoms with Crippen LogP contribution < -0.4 is 10.9 Å². The minimum Gasteiger partial charge on any atom is -0.343 e. The molecule has 26 heavy (non-hydrogen) atoms. The van der Waals surface area contributed by atoms with Crippen molar-refractivity contribution >= 4 is 46.6 Å². The van der Waals surface area contributed by atoms with E-state index in [1.54, 1.807) is 18.2 Å². The molecule has 8 heteroatoms. The standard InChI is InChI=1S/C18H15Cl2N3O2S/c1-26-18-22-16-15(17(25)23-18)14(12-8(19)4-2-5-9(12)20)13-10(21-16)6-3-7-11(13)24/h2,4-5,14H,3,6-7H2,1H3,(H2,21,22,23,25). The summed E-state index contributed by atoms with van der Waals surface area (Å²) >= 11 is 14.2. The number of H-pyrrole nitrogens is 1. The van der Waals surface area contributed by atoms with Crippen LogP contribution in [-0.2, 0) is 4.79 Å². The van der Waals surface area contributed by atoms with Crippen molar-refractivity contribution in [2.45, 2.75) is 30.3 Å². The van der Waals surface area contributed by atoms with Gasteiger partial charge in [0.1, 0.15) is 5.82 Å². The molecule has 1 aromatic carbocycles. The molecule has 1 aliphatic heterocycles. The fourth-order valence-corrected chi connectivity index (χ4v) is 4.61. The molecular formula is C18H15Cl2N3O2S. The van der Waals surface area contributed by atoms with Crippen LogP contribution in [0.15, 0.2) is 39.4 Å². The zero-order chi connectivity index (χ0) is 18.4. The molecule has 4 rings (SSSR count). The van der Waals surface area contributed by atoms with Crippen molar-refractivity contribution in [2.75, 3.05) is 11.6 Å². The lowest BCUT2D eigenvalue weighted by molar-refractivity contribution is -0.116. The third-order valence-corrected chi connectivity index (χ3v) is 5.96. The number of anilines is 1. The number of nitrogens with zero attached hydrogens (tertiary/aromatic N) is 1. The van der Waals surface area contributed by atoms with E-state index < -0.39 is 5.92 Å². The van der Waals surface area contributed by atoms with Crippen molar-refractivity contribution in [1.82, 2.24) is 9.97 Å². The molecule has 5 nitrogen and oxygen atoms in total. The summed E-state index contributed by atoms with van der Waals surface area (Å²) in [6, 6.07) is 5.18. The molecule has 1 aliphatic carbocycles. The highest BCUT2D eigenvalue weighted by molar-refractivity contribution is 7.98. The fourth-order valence-electron chi connectivity index (χ4n) is 3.61. The zero-order valence-electron chi connectivity index (χ0n) is 13.9. The van der Waals surface area contributed by atoms with Crippen LogP contribution in [0.25, 0.3) is 0 Å². The topological polar surface area (TPSA) is 74.8 Å². The van der Waals surface area contributed by atoms with Gasteiger partial charge in [-0.25, -0.2) is 4.98 Å². The van der Waals surface area contributed by atoms with Gasteiger partial charge in [0.15, 0.2) is 10.9 Å². The largest absolute Gasteiger partial charge is 0.343 e. The summed E-state index contributed by atoms with van der Waals surface area (Å²) in [6.07, 6.45) is 3.77. The van der Waals surface area contributed by atoms with Crippen molar-refractivity contribution in [2.24, 2.45) is 0 Å². The molecule has 0 spiro atoms. The average molecular weight is 408 g/mol. The molecule has 0 amide bonds. The van der Waals surface area contributed by atoms with Crippen LogP contribution in [0.3, 0.4) is 0 Å². The van der Waals surface area contributed by atoms with Gasteiger partial charge in [0, 0.05) is 33.3 Å². The predicted octanol–water partition coefficient (Wildman–Crippen LogP) is 4.36. The Morgan fingerprint density at radius 3 is 2.58 bits per heavy atom. The number of carbonyl (C=O) groups excluding carboxylic acids is 1. The second-order valence-corrected chi connectivity index (χ2v) is 7.81. The van der Waals surface area contributed by atoms with Gasteiger partial charge in [0.05, 0.1) is 11.5 Å². The predicted molar refractivity (Wildman–Crippen MR) is 104 cm³/mol. The number of nitrogens with one attached hydrogen (secondary N) is 2. The number of aromatic nitrogens is 2. The third-order valence-electron chi connectivity index (χ3n) is 4.72. The van der Waals surface area contributed by atoms with Crippen molar-refractivity contribution in [3.8, 4) is 0 Å². The van der Waals surface area contributed by atoms with E-state index in [2.05, 4.69) is 15.3 Å². The van der Waals surface area contributed by atoms with Crippen molar-refractivity contribution in [3.05, 3.63) is 61.0 Å². The number of hydrogen-bond acceptors (Lipinski definition) is 5. The lowest BCUT2D eigenvalue weighted by Gasteiger charge is -2.33. The summed E-state index contributed by atoms with van der Waals surface area (Å²) in [4.78, 5) is 32.9. The Kier molecular flexibility index (Phi) is 4.59. The van der Waals surface area contributed by atoms with Gasteiger partial charge in [-0.2, -0.15) is 0 Å². The fraction of sp³-hybridized carbons (Fsp3) is 0.278. The van der Waals surface area contributed by atoms with E-state index >= 15 is 0 Å². The van der Waals surface area contributed by atoms with Crippen LogP contribution in [0.5, 0.6) is 0 Å². The molecule has 0 radical (unpaired) electrons. The molecule has 2 aliphatic rings. The van der Waals surface area contributed by atoms with E-state index in [4.69, 9.17) is 23.2 Å². The van der Waals surface area contributed by atoms with Crippen molar-refractivity contribution in [3.63, 3.8) is 0 Å². The molecule has 2 N–H and O–H groups in total. The maximum absolute atomic E-state index is 12.9. The molecule has 134 valence electrons. The molecule has 0 bridgehead atoms. The molecule has 0 fully saturated rings. The van der Waals surface area contributed by atoms with Crippen molar-refractivity contribution in [1.29, 1.82) is 0 Å². The van der Waals surface area contributed by atoms with Gasteiger partial charge in [-0.3, -0.25) is 9.59 Å². The van der Waals surface area contributed by atoms with E-state index in [1.165, 1.54) is 11.8 Å². The number of ketones is 1. The summed E-state index contributed by atoms with van der Waals surface area (Å²) in [5, 5.41) is 4.57. The first-order valence-corrected chi connectivity index (χ1v) is 10.1. The first kappa shape index (κ1) is 17.6. The van der Waals surface area contributed by atoms with Gasteiger partial charge >= 0.3 is 0 Å². The van der Waals surface area contributed by atoms with Gasteiger partial charge in [-0.05, 0) is 31.2 Å². The Balaban J connectivity index is 2.05. The van der Waals surface area contributed by atoms with Gasteiger partial charge < -0.3 is 10.3 Å². The highest BCUT2D eigenvalue weighted by Gasteiger charge is 2.39. The minimum atomic E-state index is -0.623. The lowest BCUT2D eigenvalue weighted by atomic mass is 9.76. The van der Waals surface area contributed by atoms with Crippen molar-refractivity contribution < 1.29 is 4.79 Å². The van der Waals surface area contributed by atoms with E-state index in [0.717, 1.165) is 18.5 Å². The summed E-state index contributed by atoms with van der Waals surface area (Å²) in [5.74, 6) is -0.145. The minimum absolute atomic E-state index is 0.0127.